The normalized spacial score (nSPS) is 20.9. The van der Waals surface area contributed by atoms with Gasteiger partial charge in [0.05, 0.1) is 19.4 Å². The molecule has 0 aromatic heterocycles. The third kappa shape index (κ3) is 4.69. The number of benzene rings is 1. The lowest BCUT2D eigenvalue weighted by Gasteiger charge is -2.17. The number of ether oxygens (including phenoxy) is 2. The molecule has 1 aromatic carbocycles. The third-order valence-corrected chi connectivity index (χ3v) is 4.31. The van der Waals surface area contributed by atoms with Crippen molar-refractivity contribution in [2.24, 2.45) is 4.40 Å². The van der Waals surface area contributed by atoms with Crippen LogP contribution in [0.5, 0.6) is 5.75 Å². The van der Waals surface area contributed by atoms with Gasteiger partial charge in [0.15, 0.2) is 0 Å². The summed E-state index contributed by atoms with van der Waals surface area (Å²) < 4.78 is 40.0. The molecule has 0 aliphatic carbocycles. The minimum absolute atomic E-state index is 0.00366. The Labute approximate surface area is 127 Å². The van der Waals surface area contributed by atoms with Crippen LogP contribution in [-0.2, 0) is 16.1 Å². The molecule has 0 saturated carbocycles. The van der Waals surface area contributed by atoms with Crippen molar-refractivity contribution < 1.29 is 18.4 Å². The van der Waals surface area contributed by atoms with Gasteiger partial charge < -0.3 is 14.0 Å². The summed E-state index contributed by atoms with van der Waals surface area (Å²) in [5.41, 5.74) is 0.268. The van der Waals surface area contributed by atoms with Crippen LogP contribution >= 0.6 is 0 Å². The van der Waals surface area contributed by atoms with Crippen LogP contribution < -0.4 is 4.74 Å². The maximum absolute atomic E-state index is 13.8. The van der Waals surface area contributed by atoms with Crippen LogP contribution in [0.1, 0.15) is 32.8 Å². The van der Waals surface area contributed by atoms with Gasteiger partial charge in [-0.1, -0.05) is 4.40 Å². The Morgan fingerprint density at radius 1 is 1.48 bits per heavy atom. The summed E-state index contributed by atoms with van der Waals surface area (Å²) in [5.74, 6) is 0.148. The molecule has 2 rings (SSSR count). The van der Waals surface area contributed by atoms with E-state index in [1.165, 1.54) is 12.3 Å². The zero-order valence-electron chi connectivity index (χ0n) is 12.5. The molecular formula is C15H20FNO3S. The summed E-state index contributed by atoms with van der Waals surface area (Å²) in [6, 6.07) is 4.47. The molecule has 1 aliphatic rings. The number of rotatable bonds is 4. The van der Waals surface area contributed by atoms with E-state index in [9.17, 15) is 8.94 Å². The van der Waals surface area contributed by atoms with Crippen molar-refractivity contribution in [3.63, 3.8) is 0 Å². The molecular weight excluding hydrogens is 293 g/mol. The maximum atomic E-state index is 13.8. The molecule has 1 aliphatic heterocycles. The molecule has 0 spiro atoms. The second kappa shape index (κ2) is 6.77. The Bertz CT molecular complexity index is 510. The number of halogens is 1. The quantitative estimate of drug-likeness (QED) is 0.634. The van der Waals surface area contributed by atoms with Gasteiger partial charge in [-0.05, 0) is 39.0 Å². The zero-order valence-corrected chi connectivity index (χ0v) is 13.3. The second-order valence-corrected chi connectivity index (χ2v) is 7.82. The van der Waals surface area contributed by atoms with Gasteiger partial charge in [-0.3, -0.25) is 0 Å². The number of hydrogen-bond acceptors (Lipinski definition) is 4. The molecule has 1 heterocycles. The Morgan fingerprint density at radius 3 is 2.86 bits per heavy atom. The summed E-state index contributed by atoms with van der Waals surface area (Å²) in [7, 11) is 0. The highest BCUT2D eigenvalue weighted by molar-refractivity contribution is 7.91. The lowest BCUT2D eigenvalue weighted by Crippen LogP contribution is -2.25. The fourth-order valence-corrected chi connectivity index (χ4v) is 2.28. The van der Waals surface area contributed by atoms with E-state index in [4.69, 9.17) is 9.47 Å². The SMILES string of the molecule is CC(C)(C)[S@@+]([O-])N=Cc1cc(OC2CCOC2)ccc1F. The number of hydrogen-bond donors (Lipinski definition) is 0. The van der Waals surface area contributed by atoms with Gasteiger partial charge >= 0.3 is 0 Å². The molecule has 2 atom stereocenters. The molecule has 4 nitrogen and oxygen atoms in total. The molecule has 1 saturated heterocycles. The first-order valence-electron chi connectivity index (χ1n) is 6.86. The van der Waals surface area contributed by atoms with Crippen LogP contribution in [0.4, 0.5) is 4.39 Å². The Hall–Kier alpha value is -1.11. The smallest absolute Gasteiger partial charge is 0.144 e. The first-order chi connectivity index (χ1) is 9.86. The monoisotopic (exact) mass is 313 g/mol. The predicted molar refractivity (Wildman–Crippen MR) is 81.7 cm³/mol. The average molecular weight is 313 g/mol. The van der Waals surface area contributed by atoms with Gasteiger partial charge in [0, 0.05) is 12.0 Å². The molecule has 1 unspecified atom stereocenters. The fraction of sp³-hybridized carbons (Fsp3) is 0.533. The van der Waals surface area contributed by atoms with Gasteiger partial charge in [0.1, 0.15) is 33.8 Å². The topological polar surface area (TPSA) is 53.9 Å². The molecule has 1 fully saturated rings. The van der Waals surface area contributed by atoms with Crippen molar-refractivity contribution in [2.45, 2.75) is 38.0 Å². The standard InChI is InChI=1S/C15H20FNO3S/c1-15(2,3)21(18)17-9-11-8-12(4-5-14(11)16)20-13-6-7-19-10-13/h4-5,8-9,13H,6-7,10H2,1-3H3/t13?,21-/m1/s1. The van der Waals surface area contributed by atoms with E-state index in [2.05, 4.69) is 4.40 Å². The van der Waals surface area contributed by atoms with Crippen molar-refractivity contribution >= 4 is 17.6 Å². The highest BCUT2D eigenvalue weighted by Gasteiger charge is 2.26. The van der Waals surface area contributed by atoms with Crippen molar-refractivity contribution in [1.82, 2.24) is 0 Å². The van der Waals surface area contributed by atoms with E-state index in [1.807, 2.05) is 20.8 Å². The Kier molecular flexibility index (Phi) is 5.24. The van der Waals surface area contributed by atoms with E-state index in [0.29, 0.717) is 19.0 Å². The van der Waals surface area contributed by atoms with Gasteiger partial charge in [-0.25, -0.2) is 4.39 Å². The van der Waals surface area contributed by atoms with Gasteiger partial charge in [-0.15, -0.1) is 0 Å². The summed E-state index contributed by atoms with van der Waals surface area (Å²) in [6.45, 7) is 6.68. The van der Waals surface area contributed by atoms with Crippen LogP contribution in [0.15, 0.2) is 22.6 Å². The van der Waals surface area contributed by atoms with Crippen LogP contribution in [-0.4, -0.2) is 34.8 Å². The average Bonchev–Trinajstić information content (AvgIpc) is 2.90. The van der Waals surface area contributed by atoms with Crippen molar-refractivity contribution in [3.8, 4) is 5.75 Å². The van der Waals surface area contributed by atoms with Crippen LogP contribution in [0, 0.1) is 5.82 Å². The third-order valence-electron chi connectivity index (χ3n) is 2.97. The predicted octanol–water partition coefficient (Wildman–Crippen LogP) is 2.87. The molecule has 116 valence electrons. The highest BCUT2D eigenvalue weighted by Crippen LogP contribution is 2.21. The van der Waals surface area contributed by atoms with Crippen molar-refractivity contribution in [2.75, 3.05) is 13.2 Å². The van der Waals surface area contributed by atoms with Crippen molar-refractivity contribution in [3.05, 3.63) is 29.6 Å². The van der Waals surface area contributed by atoms with Crippen LogP contribution in [0.3, 0.4) is 0 Å². The molecule has 6 heteroatoms. The second-order valence-electron chi connectivity index (χ2n) is 5.88. The minimum Gasteiger partial charge on any atom is -0.591 e. The Balaban J connectivity index is 2.09. The molecule has 0 N–H and O–H groups in total. The molecule has 1 aromatic rings. The first-order valence-corrected chi connectivity index (χ1v) is 7.97. The van der Waals surface area contributed by atoms with Gasteiger partial charge in [0.2, 0.25) is 0 Å². The van der Waals surface area contributed by atoms with Crippen LogP contribution in [0.25, 0.3) is 0 Å². The maximum Gasteiger partial charge on any atom is 0.144 e. The summed E-state index contributed by atoms with van der Waals surface area (Å²) in [6.07, 6.45) is 2.13. The fourth-order valence-electron chi connectivity index (χ4n) is 1.76. The largest absolute Gasteiger partial charge is 0.591 e. The van der Waals surface area contributed by atoms with E-state index in [1.54, 1.807) is 12.1 Å². The molecule has 0 bridgehead atoms. The van der Waals surface area contributed by atoms with E-state index < -0.39 is 21.9 Å². The van der Waals surface area contributed by atoms with E-state index in [-0.39, 0.29) is 11.7 Å². The van der Waals surface area contributed by atoms with Gasteiger partial charge in [-0.2, -0.15) is 0 Å². The van der Waals surface area contributed by atoms with E-state index in [0.717, 1.165) is 6.42 Å². The summed E-state index contributed by atoms with van der Waals surface area (Å²) in [4.78, 5) is 0. The molecule has 0 radical (unpaired) electrons. The van der Waals surface area contributed by atoms with Crippen LogP contribution in [0.2, 0.25) is 0 Å². The summed E-state index contributed by atoms with van der Waals surface area (Å²) >= 11 is -1.41. The van der Waals surface area contributed by atoms with Gasteiger partial charge in [0.25, 0.3) is 0 Å². The minimum atomic E-state index is -1.41. The lowest BCUT2D eigenvalue weighted by molar-refractivity contribution is 0.141. The molecule has 0 amide bonds. The Morgan fingerprint density at radius 2 is 2.24 bits per heavy atom. The number of nitrogens with zero attached hydrogens (tertiary/aromatic N) is 1. The lowest BCUT2D eigenvalue weighted by atomic mass is 10.2. The van der Waals surface area contributed by atoms with E-state index >= 15 is 0 Å². The highest BCUT2D eigenvalue weighted by atomic mass is 32.2. The summed E-state index contributed by atoms with van der Waals surface area (Å²) in [5, 5.41) is 0. The molecule has 21 heavy (non-hydrogen) atoms. The first kappa shape index (κ1) is 16.3. The van der Waals surface area contributed by atoms with Crippen molar-refractivity contribution in [1.29, 1.82) is 0 Å². The zero-order chi connectivity index (χ0) is 15.5.